The van der Waals surface area contributed by atoms with Gasteiger partial charge in [-0.3, -0.25) is 14.6 Å². The van der Waals surface area contributed by atoms with Crippen molar-refractivity contribution in [1.82, 2.24) is 30.4 Å². The Hall–Kier alpha value is -3.96. The summed E-state index contributed by atoms with van der Waals surface area (Å²) in [7, 11) is 3.40. The number of likely N-dealkylation sites (N-methyl/N-ethyl adjacent to an activating group) is 2. The minimum Gasteiger partial charge on any atom is -0.497 e. The van der Waals surface area contributed by atoms with E-state index in [1.807, 2.05) is 55.3 Å². The predicted molar refractivity (Wildman–Crippen MR) is 148 cm³/mol. The number of fused-ring (bicyclic) bond motifs is 1. The summed E-state index contributed by atoms with van der Waals surface area (Å²) in [6.45, 7) is 8.78. The summed E-state index contributed by atoms with van der Waals surface area (Å²) in [6, 6.07) is 11.7. The fraction of sp³-hybridized carbons (Fsp3) is 0.429. The summed E-state index contributed by atoms with van der Waals surface area (Å²) >= 11 is 0. The third kappa shape index (κ3) is 6.92. The number of nitrogens with one attached hydrogen (secondary N) is 2. The van der Waals surface area contributed by atoms with Crippen LogP contribution in [0, 0.1) is 13.8 Å². The molecule has 208 valence electrons. The molecule has 2 heterocycles. The van der Waals surface area contributed by atoms with Crippen LogP contribution in [0.1, 0.15) is 29.5 Å². The zero-order chi connectivity index (χ0) is 27.9. The van der Waals surface area contributed by atoms with Gasteiger partial charge in [0.15, 0.2) is 0 Å². The van der Waals surface area contributed by atoms with Crippen molar-refractivity contribution >= 4 is 17.5 Å². The highest BCUT2D eigenvalue weighted by molar-refractivity contribution is 5.87. The first-order valence-corrected chi connectivity index (χ1v) is 13.1. The minimum atomic E-state index is -0.163. The molecule has 11 heteroatoms. The number of ether oxygens (including phenoxy) is 1. The number of aromatic nitrogens is 2. The first-order chi connectivity index (χ1) is 18.8. The van der Waals surface area contributed by atoms with Crippen LogP contribution in [0.3, 0.4) is 0 Å². The first-order valence-electron chi connectivity index (χ1n) is 13.1. The summed E-state index contributed by atoms with van der Waals surface area (Å²) in [5.74, 6) is 1.46. The lowest BCUT2D eigenvalue weighted by Crippen LogP contribution is -2.49. The lowest BCUT2D eigenvalue weighted by Gasteiger charge is -2.31. The Bertz CT molecular complexity index is 1310. The Morgan fingerprint density at radius 2 is 1.90 bits per heavy atom. The molecule has 39 heavy (non-hydrogen) atoms. The summed E-state index contributed by atoms with van der Waals surface area (Å²) in [6.07, 6.45) is 0. The van der Waals surface area contributed by atoms with Gasteiger partial charge in [-0.2, -0.15) is 4.98 Å². The monoisotopic (exact) mass is 535 g/mol. The zero-order valence-electron chi connectivity index (χ0n) is 23.3. The van der Waals surface area contributed by atoms with Crippen molar-refractivity contribution in [3.05, 3.63) is 59.0 Å². The molecule has 3 aromatic rings. The van der Waals surface area contributed by atoms with Crippen LogP contribution in [0.2, 0.25) is 0 Å². The van der Waals surface area contributed by atoms with E-state index in [2.05, 4.69) is 20.8 Å². The number of anilines is 1. The van der Waals surface area contributed by atoms with E-state index in [1.165, 1.54) is 0 Å². The molecule has 0 bridgehead atoms. The second kappa shape index (κ2) is 12.7. The van der Waals surface area contributed by atoms with Crippen LogP contribution in [0.25, 0.3) is 11.4 Å². The molecule has 1 aliphatic heterocycles. The molecule has 0 aliphatic carbocycles. The smallest absolute Gasteiger partial charge is 0.256 e. The van der Waals surface area contributed by atoms with Gasteiger partial charge in [0.1, 0.15) is 12.3 Å². The number of methoxy groups -OCH3 is 1. The fourth-order valence-electron chi connectivity index (χ4n) is 4.45. The third-order valence-electron chi connectivity index (χ3n) is 6.85. The van der Waals surface area contributed by atoms with Crippen molar-refractivity contribution < 1.29 is 18.8 Å². The van der Waals surface area contributed by atoms with E-state index in [0.717, 1.165) is 40.2 Å². The number of nitrogens with zero attached hydrogens (tertiary/aromatic N) is 5. The highest BCUT2D eigenvalue weighted by Crippen LogP contribution is 2.27. The van der Waals surface area contributed by atoms with Gasteiger partial charge in [-0.15, -0.1) is 0 Å². The molecule has 11 nitrogen and oxygen atoms in total. The number of hydrazine groups is 1. The Labute approximate surface area is 229 Å². The van der Waals surface area contributed by atoms with Crippen LogP contribution in [-0.4, -0.2) is 83.8 Å². The second-order valence-electron chi connectivity index (χ2n) is 9.56. The number of carbonyl (C=O) groups excluding carboxylic acids is 2. The van der Waals surface area contributed by atoms with E-state index in [0.29, 0.717) is 37.9 Å². The number of rotatable bonds is 12. The van der Waals surface area contributed by atoms with Crippen molar-refractivity contribution in [2.45, 2.75) is 33.9 Å². The lowest BCUT2D eigenvalue weighted by atomic mass is 10.1. The van der Waals surface area contributed by atoms with Crippen molar-refractivity contribution in [2.75, 3.05) is 52.2 Å². The summed E-state index contributed by atoms with van der Waals surface area (Å²) in [5.41, 5.74) is 4.85. The number of carbonyl (C=O) groups is 2. The highest BCUT2D eigenvalue weighted by atomic mass is 16.5. The Balaban J connectivity index is 1.39. The van der Waals surface area contributed by atoms with Crippen LogP contribution in [0.5, 0.6) is 5.75 Å². The molecule has 0 atom stereocenters. The van der Waals surface area contributed by atoms with Crippen molar-refractivity contribution in [3.63, 3.8) is 0 Å². The molecular weight excluding hydrogens is 498 g/mol. The predicted octanol–water partition coefficient (Wildman–Crippen LogP) is 2.60. The first kappa shape index (κ1) is 28.1. The molecule has 0 spiro atoms. The number of amides is 2. The molecule has 2 amide bonds. The summed E-state index contributed by atoms with van der Waals surface area (Å²) in [4.78, 5) is 32.5. The van der Waals surface area contributed by atoms with Gasteiger partial charge in [-0.1, -0.05) is 30.3 Å². The van der Waals surface area contributed by atoms with Crippen molar-refractivity contribution in [1.29, 1.82) is 0 Å². The largest absolute Gasteiger partial charge is 0.497 e. The van der Waals surface area contributed by atoms with E-state index < -0.39 is 0 Å². The SMILES string of the molecule is CCNCCN(CC(=O)N(C)N1Cc2ccc(OC)cc2C1)C(=O)CNc1cc(-c2noc(C)n2)ccc1C. The highest BCUT2D eigenvalue weighted by Gasteiger charge is 2.27. The number of aryl methyl sites for hydroxylation is 2. The Morgan fingerprint density at radius 1 is 1.10 bits per heavy atom. The van der Waals surface area contributed by atoms with Crippen LogP contribution in [0.15, 0.2) is 40.9 Å². The van der Waals surface area contributed by atoms with Gasteiger partial charge in [0.2, 0.25) is 17.6 Å². The summed E-state index contributed by atoms with van der Waals surface area (Å²) in [5, 5.41) is 14.1. The molecule has 0 fully saturated rings. The molecule has 2 N–H and O–H groups in total. The van der Waals surface area contributed by atoms with E-state index in [4.69, 9.17) is 9.26 Å². The maximum atomic E-state index is 13.3. The van der Waals surface area contributed by atoms with Crippen molar-refractivity contribution in [3.8, 4) is 17.1 Å². The molecule has 0 unspecified atom stereocenters. The van der Waals surface area contributed by atoms with Crippen LogP contribution < -0.4 is 15.4 Å². The van der Waals surface area contributed by atoms with Gasteiger partial charge in [0, 0.05) is 51.4 Å². The van der Waals surface area contributed by atoms with Crippen LogP contribution in [-0.2, 0) is 22.7 Å². The molecule has 0 saturated carbocycles. The van der Waals surface area contributed by atoms with E-state index in [9.17, 15) is 9.59 Å². The minimum absolute atomic E-state index is 0.0142. The molecule has 0 saturated heterocycles. The van der Waals surface area contributed by atoms with Gasteiger partial charge < -0.3 is 24.8 Å². The van der Waals surface area contributed by atoms with E-state index in [1.54, 1.807) is 31.0 Å². The van der Waals surface area contributed by atoms with E-state index >= 15 is 0 Å². The topological polar surface area (TPSA) is 116 Å². The number of hydrogen-bond donors (Lipinski definition) is 2. The van der Waals surface area contributed by atoms with Crippen LogP contribution in [0.4, 0.5) is 5.69 Å². The number of benzene rings is 2. The molecular formula is C28H37N7O4. The van der Waals surface area contributed by atoms with Gasteiger partial charge in [0.05, 0.1) is 13.7 Å². The van der Waals surface area contributed by atoms with E-state index in [-0.39, 0.29) is 24.9 Å². The molecule has 1 aliphatic rings. The third-order valence-corrected chi connectivity index (χ3v) is 6.85. The average molecular weight is 536 g/mol. The van der Waals surface area contributed by atoms with Gasteiger partial charge in [-0.05, 0) is 48.4 Å². The fourth-order valence-corrected chi connectivity index (χ4v) is 4.45. The lowest BCUT2D eigenvalue weighted by molar-refractivity contribution is -0.151. The molecule has 4 rings (SSSR count). The average Bonchev–Trinajstić information content (AvgIpc) is 3.57. The van der Waals surface area contributed by atoms with Crippen LogP contribution >= 0.6 is 0 Å². The Kier molecular flexibility index (Phi) is 9.15. The normalized spacial score (nSPS) is 12.7. The maximum Gasteiger partial charge on any atom is 0.256 e. The molecule has 1 aromatic heterocycles. The molecule has 2 aromatic carbocycles. The second-order valence-corrected chi connectivity index (χ2v) is 9.56. The standard InChI is InChI=1S/C28H37N7O4/c1-6-29-11-12-34(18-27(37)33(4)35-16-22-9-10-24(38-5)13-23(22)17-35)26(36)15-30-25-14-21(8-7-19(25)2)28-31-20(3)39-32-28/h7-10,13-14,29-30H,6,11-12,15-18H2,1-5H3. The van der Waals surface area contributed by atoms with Gasteiger partial charge in [0.25, 0.3) is 5.91 Å². The summed E-state index contributed by atoms with van der Waals surface area (Å²) < 4.78 is 10.4. The van der Waals surface area contributed by atoms with Gasteiger partial charge in [-0.25, -0.2) is 5.01 Å². The van der Waals surface area contributed by atoms with Gasteiger partial charge >= 0.3 is 0 Å². The molecule has 0 radical (unpaired) electrons. The number of hydrogen-bond acceptors (Lipinski definition) is 9. The van der Waals surface area contributed by atoms with Crippen molar-refractivity contribution in [2.24, 2.45) is 0 Å². The maximum absolute atomic E-state index is 13.3. The zero-order valence-corrected chi connectivity index (χ0v) is 23.3. The Morgan fingerprint density at radius 3 is 2.62 bits per heavy atom. The quantitative estimate of drug-likeness (QED) is 0.338.